The third kappa shape index (κ3) is 2.61. The summed E-state index contributed by atoms with van der Waals surface area (Å²) in [5.74, 6) is 0.871. The number of fused-ring (bicyclic) bond motifs is 4. The highest BCUT2D eigenvalue weighted by Crippen LogP contribution is 2.71. The predicted octanol–water partition coefficient (Wildman–Crippen LogP) is 3.49. The summed E-state index contributed by atoms with van der Waals surface area (Å²) in [4.78, 5) is 25.8. The first-order valence-corrected chi connectivity index (χ1v) is 12.5. The molecular weight excluding hydrogens is 420 g/mol. The van der Waals surface area contributed by atoms with Crippen molar-refractivity contribution in [3.8, 4) is 0 Å². The van der Waals surface area contributed by atoms with Crippen LogP contribution in [0.25, 0.3) is 0 Å². The van der Waals surface area contributed by atoms with Crippen molar-refractivity contribution < 1.29 is 28.5 Å². The molecule has 3 saturated heterocycles. The second-order valence-corrected chi connectivity index (χ2v) is 12.0. The highest BCUT2D eigenvalue weighted by atomic mass is 16.6. The number of hydrogen-bond acceptors (Lipinski definition) is 6. The molecule has 10 atom stereocenters. The number of carbonyl (C=O) groups is 2. The Bertz CT molecular complexity index is 962. The van der Waals surface area contributed by atoms with Crippen LogP contribution in [0.1, 0.15) is 47.0 Å². The van der Waals surface area contributed by atoms with Gasteiger partial charge >= 0.3 is 5.97 Å². The molecule has 0 aromatic heterocycles. The Morgan fingerprint density at radius 3 is 2.76 bits per heavy atom. The van der Waals surface area contributed by atoms with Crippen LogP contribution >= 0.6 is 0 Å². The summed E-state index contributed by atoms with van der Waals surface area (Å²) in [7, 11) is 1.46. The maximum atomic E-state index is 13.0. The summed E-state index contributed by atoms with van der Waals surface area (Å²) < 4.78 is 24.3. The zero-order chi connectivity index (χ0) is 23.3. The van der Waals surface area contributed by atoms with Crippen molar-refractivity contribution in [1.82, 2.24) is 0 Å². The maximum Gasteiger partial charge on any atom is 0.305 e. The van der Waals surface area contributed by atoms with Crippen molar-refractivity contribution >= 4 is 11.8 Å². The molecule has 6 nitrogen and oxygen atoms in total. The van der Waals surface area contributed by atoms with E-state index in [0.717, 1.165) is 26.1 Å². The molecule has 33 heavy (non-hydrogen) atoms. The number of ketones is 1. The molecule has 0 bridgehead atoms. The number of esters is 1. The fraction of sp³-hybridized carbons (Fsp3) is 0.778. The Balaban J connectivity index is 1.51. The van der Waals surface area contributed by atoms with Gasteiger partial charge in [0, 0.05) is 17.9 Å². The van der Waals surface area contributed by atoms with Gasteiger partial charge in [-0.2, -0.15) is 0 Å². The maximum absolute atomic E-state index is 13.0. The van der Waals surface area contributed by atoms with E-state index in [-0.39, 0.29) is 52.7 Å². The third-order valence-electron chi connectivity index (χ3n) is 10.6. The largest absolute Gasteiger partial charge is 0.469 e. The lowest BCUT2D eigenvalue weighted by atomic mass is 9.42. The number of allylic oxidation sites excluding steroid dienone is 3. The number of rotatable bonds is 3. The quantitative estimate of drug-likeness (QED) is 0.478. The lowest BCUT2D eigenvalue weighted by molar-refractivity contribution is -0.178. The lowest BCUT2D eigenvalue weighted by Gasteiger charge is -2.60. The van der Waals surface area contributed by atoms with E-state index in [0.29, 0.717) is 24.9 Å². The molecule has 180 valence electrons. The second kappa shape index (κ2) is 7.02. The van der Waals surface area contributed by atoms with E-state index < -0.39 is 5.41 Å². The van der Waals surface area contributed by atoms with Crippen molar-refractivity contribution in [2.24, 2.45) is 39.9 Å². The minimum atomic E-state index is -0.585. The SMILES string of the molecule is COC(=O)C[C@@H]1[C@@]2(C)C=CC(=O)[C@@]3(C)CO[C@@H]([C@H]4O[C@@H]5C[C@@H](C6CCOC6)C(C)=C5[C@]41C)[C@H]23. The van der Waals surface area contributed by atoms with Gasteiger partial charge in [-0.15, -0.1) is 0 Å². The average Bonchev–Trinajstić information content (AvgIpc) is 3.54. The van der Waals surface area contributed by atoms with E-state index in [1.807, 2.05) is 6.92 Å². The topological polar surface area (TPSA) is 71.1 Å². The molecule has 3 heterocycles. The molecular formula is C27H36O6. The van der Waals surface area contributed by atoms with Gasteiger partial charge in [0.25, 0.3) is 0 Å². The van der Waals surface area contributed by atoms with Crippen LogP contribution in [-0.2, 0) is 28.5 Å². The molecule has 0 aromatic carbocycles. The Morgan fingerprint density at radius 2 is 2.06 bits per heavy atom. The Labute approximate surface area is 196 Å². The Morgan fingerprint density at radius 1 is 1.27 bits per heavy atom. The van der Waals surface area contributed by atoms with Gasteiger partial charge in [-0.05, 0) is 61.5 Å². The van der Waals surface area contributed by atoms with Gasteiger partial charge in [0.2, 0.25) is 0 Å². The average molecular weight is 457 g/mol. The van der Waals surface area contributed by atoms with E-state index >= 15 is 0 Å². The molecule has 6 heteroatoms. The first kappa shape index (κ1) is 22.0. The van der Waals surface area contributed by atoms with Gasteiger partial charge in [0.05, 0.1) is 50.5 Å². The van der Waals surface area contributed by atoms with Crippen molar-refractivity contribution in [1.29, 1.82) is 0 Å². The Hall–Kier alpha value is -1.50. The molecule has 0 radical (unpaired) electrons. The monoisotopic (exact) mass is 456 g/mol. The summed E-state index contributed by atoms with van der Waals surface area (Å²) in [5.41, 5.74) is 1.49. The molecule has 0 spiro atoms. The molecule has 0 aromatic rings. The van der Waals surface area contributed by atoms with Crippen LogP contribution < -0.4 is 0 Å². The molecule has 1 unspecified atom stereocenters. The minimum Gasteiger partial charge on any atom is -0.469 e. The fourth-order valence-electron chi connectivity index (χ4n) is 9.12. The van der Waals surface area contributed by atoms with Crippen molar-refractivity contribution in [2.45, 2.75) is 65.3 Å². The molecule has 0 N–H and O–H groups in total. The smallest absolute Gasteiger partial charge is 0.305 e. The van der Waals surface area contributed by atoms with Gasteiger partial charge < -0.3 is 18.9 Å². The van der Waals surface area contributed by atoms with Crippen LogP contribution in [0, 0.1) is 39.9 Å². The molecule has 0 amide bonds. The highest BCUT2D eigenvalue weighted by Gasteiger charge is 2.74. The molecule has 1 saturated carbocycles. The van der Waals surface area contributed by atoms with Gasteiger partial charge in [0.15, 0.2) is 5.78 Å². The molecule has 6 rings (SSSR count). The molecule has 4 fully saturated rings. The fourth-order valence-corrected chi connectivity index (χ4v) is 9.12. The molecule has 6 aliphatic rings. The summed E-state index contributed by atoms with van der Waals surface area (Å²) in [6.45, 7) is 10.9. The van der Waals surface area contributed by atoms with Gasteiger partial charge in [-0.1, -0.05) is 25.5 Å². The van der Waals surface area contributed by atoms with Crippen LogP contribution in [0.3, 0.4) is 0 Å². The molecule has 3 aliphatic heterocycles. The second-order valence-electron chi connectivity index (χ2n) is 12.0. The van der Waals surface area contributed by atoms with Crippen LogP contribution in [-0.4, -0.2) is 57.0 Å². The van der Waals surface area contributed by atoms with Crippen molar-refractivity contribution in [3.63, 3.8) is 0 Å². The zero-order valence-electron chi connectivity index (χ0n) is 20.4. The summed E-state index contributed by atoms with van der Waals surface area (Å²) in [6, 6.07) is 0. The minimum absolute atomic E-state index is 0.0195. The van der Waals surface area contributed by atoms with E-state index in [9.17, 15) is 9.59 Å². The highest BCUT2D eigenvalue weighted by molar-refractivity contribution is 5.96. The van der Waals surface area contributed by atoms with Crippen molar-refractivity contribution in [2.75, 3.05) is 26.9 Å². The van der Waals surface area contributed by atoms with Crippen LogP contribution in [0.2, 0.25) is 0 Å². The van der Waals surface area contributed by atoms with Crippen LogP contribution in [0.5, 0.6) is 0 Å². The summed E-state index contributed by atoms with van der Waals surface area (Å²) >= 11 is 0. The van der Waals surface area contributed by atoms with E-state index in [1.165, 1.54) is 18.3 Å². The molecule has 3 aliphatic carbocycles. The van der Waals surface area contributed by atoms with E-state index in [1.54, 1.807) is 6.08 Å². The van der Waals surface area contributed by atoms with Crippen LogP contribution in [0.4, 0.5) is 0 Å². The lowest BCUT2D eigenvalue weighted by Crippen LogP contribution is -2.64. The zero-order valence-corrected chi connectivity index (χ0v) is 20.4. The third-order valence-corrected chi connectivity index (χ3v) is 10.6. The van der Waals surface area contributed by atoms with Crippen LogP contribution in [0.15, 0.2) is 23.3 Å². The number of hydrogen-bond donors (Lipinski definition) is 0. The van der Waals surface area contributed by atoms with Gasteiger partial charge in [-0.3, -0.25) is 9.59 Å². The van der Waals surface area contributed by atoms with E-state index in [4.69, 9.17) is 18.9 Å². The van der Waals surface area contributed by atoms with E-state index in [2.05, 4.69) is 26.8 Å². The first-order valence-electron chi connectivity index (χ1n) is 12.5. The van der Waals surface area contributed by atoms with Gasteiger partial charge in [0.1, 0.15) is 0 Å². The summed E-state index contributed by atoms with van der Waals surface area (Å²) in [5, 5.41) is 0. The Kier molecular flexibility index (Phi) is 4.68. The number of methoxy groups -OCH3 is 1. The number of ether oxygens (including phenoxy) is 4. The first-order chi connectivity index (χ1) is 15.7. The summed E-state index contributed by atoms with van der Waals surface area (Å²) in [6.07, 6.45) is 5.94. The predicted molar refractivity (Wildman–Crippen MR) is 120 cm³/mol. The number of carbonyl (C=O) groups excluding carboxylic acids is 2. The van der Waals surface area contributed by atoms with Crippen molar-refractivity contribution in [3.05, 3.63) is 23.3 Å². The normalized spacial score (nSPS) is 52.2. The standard InChI is InChI=1S/C27H36O6/c1-14-16(15-7-9-31-12-15)10-17-21(14)27(4)18(11-20(29)30-5)25(2)8-6-19(28)26(3)13-32-22(23(25)26)24(27)33-17/h6,8,15-18,22-24H,7,9-13H2,1-5H3/t15?,16-,17-,18-,22-,23-,24-,25-,26-,27-/m1/s1. The van der Waals surface area contributed by atoms with Gasteiger partial charge in [-0.25, -0.2) is 0 Å².